The van der Waals surface area contributed by atoms with Crippen LogP contribution in [0.25, 0.3) is 0 Å². The van der Waals surface area contributed by atoms with Crippen molar-refractivity contribution in [1.82, 2.24) is 9.55 Å². The quantitative estimate of drug-likeness (QED) is 0.607. The number of unbranched alkanes of at least 4 members (excludes halogenated alkanes) is 1. The van der Waals surface area contributed by atoms with Gasteiger partial charge in [0.25, 0.3) is 0 Å². The molecule has 0 saturated carbocycles. The normalized spacial score (nSPS) is 10.4. The predicted octanol–water partition coefficient (Wildman–Crippen LogP) is 2.72. The van der Waals surface area contributed by atoms with Crippen LogP contribution in [0.4, 0.5) is 5.69 Å². The number of nitrogens with one attached hydrogen (secondary N) is 1. The third-order valence-corrected chi connectivity index (χ3v) is 3.38. The van der Waals surface area contributed by atoms with E-state index in [1.807, 2.05) is 31.6 Å². The zero-order chi connectivity index (χ0) is 14.4. The van der Waals surface area contributed by atoms with Gasteiger partial charge in [-0.2, -0.15) is 0 Å². The molecule has 3 N–H and O–H groups in total. The van der Waals surface area contributed by atoms with Crippen molar-refractivity contribution >= 4 is 22.9 Å². The van der Waals surface area contributed by atoms with Crippen LogP contribution in [-0.2, 0) is 6.54 Å². The first-order valence-corrected chi connectivity index (χ1v) is 7.17. The summed E-state index contributed by atoms with van der Waals surface area (Å²) in [7, 11) is 0. The second-order valence-electron chi connectivity index (χ2n) is 4.85. The molecule has 0 aliphatic carbocycles. The molecular weight excluding hydrogens is 268 g/mol. The van der Waals surface area contributed by atoms with Crippen LogP contribution in [0.5, 0.6) is 0 Å². The summed E-state index contributed by atoms with van der Waals surface area (Å²) >= 11 is 5.09. The van der Waals surface area contributed by atoms with Crippen LogP contribution in [0.15, 0.2) is 36.9 Å². The smallest absolute Gasteiger partial charge is 0.106 e. The van der Waals surface area contributed by atoms with Crippen LogP contribution in [0, 0.1) is 6.92 Å². The van der Waals surface area contributed by atoms with Crippen molar-refractivity contribution in [2.24, 2.45) is 5.73 Å². The van der Waals surface area contributed by atoms with E-state index in [2.05, 4.69) is 20.9 Å². The SMILES string of the molecule is Cc1ccc(NCCCCn2ccnc2)c(C(N)=S)c1. The molecule has 1 heterocycles. The van der Waals surface area contributed by atoms with E-state index in [0.717, 1.165) is 37.2 Å². The van der Waals surface area contributed by atoms with Gasteiger partial charge in [0.2, 0.25) is 0 Å². The molecule has 0 aliphatic heterocycles. The number of imidazole rings is 1. The van der Waals surface area contributed by atoms with E-state index in [4.69, 9.17) is 18.0 Å². The van der Waals surface area contributed by atoms with Crippen molar-refractivity contribution in [1.29, 1.82) is 0 Å². The van der Waals surface area contributed by atoms with Gasteiger partial charge < -0.3 is 15.6 Å². The summed E-state index contributed by atoms with van der Waals surface area (Å²) in [5, 5.41) is 3.41. The molecule has 0 aliphatic rings. The van der Waals surface area contributed by atoms with Crippen molar-refractivity contribution in [3.05, 3.63) is 48.0 Å². The molecule has 5 heteroatoms. The highest BCUT2D eigenvalue weighted by atomic mass is 32.1. The standard InChI is InChI=1S/C15H20N4S/c1-12-4-5-14(13(10-12)15(16)20)18-6-2-3-8-19-9-7-17-11-19/h4-5,7,9-11,18H,2-3,6,8H2,1H3,(H2,16,20). The molecule has 1 aromatic carbocycles. The fourth-order valence-corrected chi connectivity index (χ4v) is 2.25. The molecule has 0 fully saturated rings. The molecule has 0 amide bonds. The minimum absolute atomic E-state index is 0.439. The molecule has 0 atom stereocenters. The molecular formula is C15H20N4S. The highest BCUT2D eigenvalue weighted by Crippen LogP contribution is 2.17. The number of benzene rings is 1. The Labute approximate surface area is 125 Å². The lowest BCUT2D eigenvalue weighted by atomic mass is 10.1. The molecule has 2 aromatic rings. The lowest BCUT2D eigenvalue weighted by Gasteiger charge is -2.12. The number of nitrogens with two attached hydrogens (primary N) is 1. The molecule has 0 saturated heterocycles. The molecule has 106 valence electrons. The van der Waals surface area contributed by atoms with Crippen molar-refractivity contribution < 1.29 is 0 Å². The average molecular weight is 288 g/mol. The average Bonchev–Trinajstić information content (AvgIpc) is 2.92. The van der Waals surface area contributed by atoms with Gasteiger partial charge in [0, 0.05) is 36.7 Å². The summed E-state index contributed by atoms with van der Waals surface area (Å²) in [6.07, 6.45) is 7.83. The van der Waals surface area contributed by atoms with Gasteiger partial charge in [-0.3, -0.25) is 0 Å². The number of nitrogens with zero attached hydrogens (tertiary/aromatic N) is 2. The zero-order valence-electron chi connectivity index (χ0n) is 11.7. The minimum Gasteiger partial charge on any atom is -0.389 e. The maximum Gasteiger partial charge on any atom is 0.106 e. The first-order chi connectivity index (χ1) is 9.66. The van der Waals surface area contributed by atoms with E-state index in [1.165, 1.54) is 5.56 Å². The van der Waals surface area contributed by atoms with Crippen molar-refractivity contribution in [2.75, 3.05) is 11.9 Å². The molecule has 4 nitrogen and oxygen atoms in total. The first-order valence-electron chi connectivity index (χ1n) is 6.77. The number of aromatic nitrogens is 2. The minimum atomic E-state index is 0.439. The number of thiocarbonyl (C=S) groups is 1. The van der Waals surface area contributed by atoms with Crippen LogP contribution in [0.2, 0.25) is 0 Å². The number of anilines is 1. The van der Waals surface area contributed by atoms with Crippen molar-refractivity contribution in [3.8, 4) is 0 Å². The zero-order valence-corrected chi connectivity index (χ0v) is 12.5. The topological polar surface area (TPSA) is 55.9 Å². The van der Waals surface area contributed by atoms with E-state index >= 15 is 0 Å². The van der Waals surface area contributed by atoms with E-state index in [9.17, 15) is 0 Å². The molecule has 20 heavy (non-hydrogen) atoms. The Morgan fingerprint density at radius 1 is 1.40 bits per heavy atom. The number of hydrogen-bond donors (Lipinski definition) is 2. The van der Waals surface area contributed by atoms with Crippen LogP contribution in [0.1, 0.15) is 24.0 Å². The Morgan fingerprint density at radius 3 is 2.95 bits per heavy atom. The maximum atomic E-state index is 5.76. The van der Waals surface area contributed by atoms with Crippen molar-refractivity contribution in [2.45, 2.75) is 26.3 Å². The summed E-state index contributed by atoms with van der Waals surface area (Å²) in [5.41, 5.74) is 8.87. The Balaban J connectivity index is 1.80. The Hall–Kier alpha value is -1.88. The summed E-state index contributed by atoms with van der Waals surface area (Å²) < 4.78 is 2.09. The van der Waals surface area contributed by atoms with E-state index < -0.39 is 0 Å². The van der Waals surface area contributed by atoms with Gasteiger partial charge in [-0.05, 0) is 31.9 Å². The first kappa shape index (κ1) is 14.5. The maximum absolute atomic E-state index is 5.76. The van der Waals surface area contributed by atoms with Gasteiger partial charge >= 0.3 is 0 Å². The lowest BCUT2D eigenvalue weighted by Crippen LogP contribution is -2.14. The van der Waals surface area contributed by atoms with Crippen molar-refractivity contribution in [3.63, 3.8) is 0 Å². The van der Waals surface area contributed by atoms with Gasteiger partial charge in [-0.15, -0.1) is 0 Å². The van der Waals surface area contributed by atoms with Gasteiger partial charge in [0.05, 0.1) is 6.33 Å². The van der Waals surface area contributed by atoms with Gasteiger partial charge in [-0.25, -0.2) is 4.98 Å². The molecule has 0 spiro atoms. The number of rotatable bonds is 7. The molecule has 0 bridgehead atoms. The summed E-state index contributed by atoms with van der Waals surface area (Å²) in [6, 6.07) is 6.13. The largest absolute Gasteiger partial charge is 0.389 e. The van der Waals surface area contributed by atoms with E-state index in [0.29, 0.717) is 4.99 Å². The highest BCUT2D eigenvalue weighted by Gasteiger charge is 2.04. The number of aryl methyl sites for hydroxylation is 2. The Kier molecular flexibility index (Phi) is 5.12. The second kappa shape index (κ2) is 7.05. The van der Waals surface area contributed by atoms with Crippen LogP contribution in [-0.4, -0.2) is 21.1 Å². The van der Waals surface area contributed by atoms with Crippen LogP contribution >= 0.6 is 12.2 Å². The van der Waals surface area contributed by atoms with Crippen LogP contribution in [0.3, 0.4) is 0 Å². The summed E-state index contributed by atoms with van der Waals surface area (Å²) in [5.74, 6) is 0. The van der Waals surface area contributed by atoms with E-state index in [1.54, 1.807) is 6.20 Å². The van der Waals surface area contributed by atoms with Gasteiger partial charge in [0.15, 0.2) is 0 Å². The molecule has 0 radical (unpaired) electrons. The lowest BCUT2D eigenvalue weighted by molar-refractivity contribution is 0.621. The fourth-order valence-electron chi connectivity index (χ4n) is 2.08. The third-order valence-electron chi connectivity index (χ3n) is 3.16. The van der Waals surface area contributed by atoms with Gasteiger partial charge in [-0.1, -0.05) is 23.8 Å². The van der Waals surface area contributed by atoms with E-state index in [-0.39, 0.29) is 0 Å². The Bertz CT molecular complexity index is 563. The van der Waals surface area contributed by atoms with Gasteiger partial charge in [0.1, 0.15) is 4.99 Å². The molecule has 2 rings (SSSR count). The summed E-state index contributed by atoms with van der Waals surface area (Å²) in [4.78, 5) is 4.47. The molecule has 0 unspecified atom stereocenters. The number of hydrogen-bond acceptors (Lipinski definition) is 3. The van der Waals surface area contributed by atoms with Crippen LogP contribution < -0.4 is 11.1 Å². The fraction of sp³-hybridized carbons (Fsp3) is 0.333. The third kappa shape index (κ3) is 4.06. The molecule has 1 aromatic heterocycles. The summed E-state index contributed by atoms with van der Waals surface area (Å²) in [6.45, 7) is 3.95. The monoisotopic (exact) mass is 288 g/mol. The predicted molar refractivity (Wildman–Crippen MR) is 87.0 cm³/mol. The Morgan fingerprint density at radius 2 is 2.25 bits per heavy atom. The second-order valence-corrected chi connectivity index (χ2v) is 5.29. The highest BCUT2D eigenvalue weighted by molar-refractivity contribution is 7.80.